The van der Waals surface area contributed by atoms with E-state index >= 15 is 0 Å². The number of H-pyrrole nitrogens is 1. The number of nitrogens with one attached hydrogen (secondary N) is 1. The fraction of sp³-hybridized carbons (Fsp3) is 0.450. The zero-order valence-electron chi connectivity index (χ0n) is 15.4. The van der Waals surface area contributed by atoms with Crippen molar-refractivity contribution in [3.05, 3.63) is 53.5 Å². The summed E-state index contributed by atoms with van der Waals surface area (Å²) in [7, 11) is 0. The Balaban J connectivity index is 1.37. The fourth-order valence-electron chi connectivity index (χ4n) is 4.40. The third kappa shape index (κ3) is 3.61. The van der Waals surface area contributed by atoms with E-state index in [2.05, 4.69) is 9.88 Å². The third-order valence-electron chi connectivity index (χ3n) is 5.80. The molecule has 5 nitrogen and oxygen atoms in total. The predicted molar refractivity (Wildman–Crippen MR) is 99.2 cm³/mol. The van der Waals surface area contributed by atoms with Gasteiger partial charge < -0.3 is 20.5 Å². The molecule has 0 saturated carbocycles. The van der Waals surface area contributed by atoms with Crippen molar-refractivity contribution < 1.29 is 18.0 Å². The maximum atomic E-state index is 13.8. The highest BCUT2D eigenvalue weighted by molar-refractivity contribution is 5.78. The van der Waals surface area contributed by atoms with Gasteiger partial charge in [0.1, 0.15) is 11.6 Å². The number of carbonyl (C=O) groups is 1. The smallest absolute Gasteiger partial charge is 0.224 e. The molecule has 3 N–H and O–H groups in total. The molecule has 150 valence electrons. The van der Waals surface area contributed by atoms with E-state index in [1.807, 2.05) is 23.2 Å². The molecule has 2 saturated heterocycles. The van der Waals surface area contributed by atoms with E-state index in [1.54, 1.807) is 0 Å². The van der Waals surface area contributed by atoms with Gasteiger partial charge >= 0.3 is 0 Å². The second-order valence-electron chi connectivity index (χ2n) is 7.69. The van der Waals surface area contributed by atoms with Crippen LogP contribution >= 0.6 is 0 Å². The summed E-state index contributed by atoms with van der Waals surface area (Å²) in [6, 6.07) is 4.77. The van der Waals surface area contributed by atoms with Gasteiger partial charge in [-0.1, -0.05) is 0 Å². The quantitative estimate of drug-likeness (QED) is 0.769. The monoisotopic (exact) mass is 392 g/mol. The lowest BCUT2D eigenvalue weighted by molar-refractivity contribution is -0.132. The zero-order valence-corrected chi connectivity index (χ0v) is 15.4. The molecule has 0 radical (unpaired) electrons. The summed E-state index contributed by atoms with van der Waals surface area (Å²) in [6.45, 7) is 2.37. The molecule has 0 spiro atoms. The third-order valence-corrected chi connectivity index (χ3v) is 5.80. The summed E-state index contributed by atoms with van der Waals surface area (Å²) in [5, 5.41) is 0. The Kier molecular flexibility index (Phi) is 5.05. The Labute approximate surface area is 161 Å². The Morgan fingerprint density at radius 2 is 2.00 bits per heavy atom. The minimum absolute atomic E-state index is 0.0164. The van der Waals surface area contributed by atoms with Crippen LogP contribution in [-0.2, 0) is 11.2 Å². The topological polar surface area (TPSA) is 65.4 Å². The highest BCUT2D eigenvalue weighted by Crippen LogP contribution is 2.34. The minimum Gasteiger partial charge on any atom is -0.356 e. The molecule has 0 aliphatic carbocycles. The van der Waals surface area contributed by atoms with E-state index in [0.29, 0.717) is 18.5 Å². The molecule has 3 heterocycles. The predicted octanol–water partition coefficient (Wildman–Crippen LogP) is 2.43. The second kappa shape index (κ2) is 7.50. The summed E-state index contributed by atoms with van der Waals surface area (Å²) in [5.41, 5.74) is 6.01. The van der Waals surface area contributed by atoms with Gasteiger partial charge in [0.05, 0.1) is 6.04 Å². The van der Waals surface area contributed by atoms with E-state index < -0.39 is 23.5 Å². The number of anilines is 1. The maximum Gasteiger partial charge on any atom is 0.224 e. The maximum absolute atomic E-state index is 13.8. The SMILES string of the molecule is N[C@@H](CC(=O)N1CC[C@H]2CN(c3ccc[nH]3)C[C@H]21)Cc1cc(F)c(F)cc1F. The number of nitrogens with zero attached hydrogens (tertiary/aromatic N) is 2. The Morgan fingerprint density at radius 1 is 1.21 bits per heavy atom. The van der Waals surface area contributed by atoms with Crippen LogP contribution in [0.2, 0.25) is 0 Å². The van der Waals surface area contributed by atoms with Crippen molar-refractivity contribution in [1.29, 1.82) is 0 Å². The van der Waals surface area contributed by atoms with Crippen molar-refractivity contribution in [2.45, 2.75) is 31.3 Å². The van der Waals surface area contributed by atoms with E-state index in [0.717, 1.165) is 31.4 Å². The van der Waals surface area contributed by atoms with Crippen LogP contribution in [0.25, 0.3) is 0 Å². The van der Waals surface area contributed by atoms with Crippen LogP contribution in [0.15, 0.2) is 30.5 Å². The lowest BCUT2D eigenvalue weighted by Crippen LogP contribution is -2.42. The number of hydrogen-bond acceptors (Lipinski definition) is 3. The van der Waals surface area contributed by atoms with Crippen LogP contribution in [0.3, 0.4) is 0 Å². The lowest BCUT2D eigenvalue weighted by atomic mass is 10.0. The van der Waals surface area contributed by atoms with Gasteiger partial charge in [-0.3, -0.25) is 4.79 Å². The van der Waals surface area contributed by atoms with Gasteiger partial charge in [-0.25, -0.2) is 13.2 Å². The number of aromatic amines is 1. The summed E-state index contributed by atoms with van der Waals surface area (Å²) in [6.07, 6.45) is 2.85. The number of fused-ring (bicyclic) bond motifs is 1. The molecule has 0 unspecified atom stereocenters. The van der Waals surface area contributed by atoms with Crippen LogP contribution in [0.1, 0.15) is 18.4 Å². The van der Waals surface area contributed by atoms with E-state index in [1.165, 1.54) is 0 Å². The number of benzene rings is 1. The molecular weight excluding hydrogens is 369 g/mol. The van der Waals surface area contributed by atoms with Crippen molar-refractivity contribution in [3.63, 3.8) is 0 Å². The highest BCUT2D eigenvalue weighted by Gasteiger charge is 2.43. The molecule has 2 aliphatic heterocycles. The lowest BCUT2D eigenvalue weighted by Gasteiger charge is -2.26. The number of rotatable bonds is 5. The molecule has 1 aromatic heterocycles. The molecule has 0 bridgehead atoms. The van der Waals surface area contributed by atoms with Crippen LogP contribution < -0.4 is 10.6 Å². The number of likely N-dealkylation sites (tertiary alicyclic amines) is 1. The van der Waals surface area contributed by atoms with Crippen molar-refractivity contribution in [2.24, 2.45) is 11.7 Å². The van der Waals surface area contributed by atoms with Crippen molar-refractivity contribution in [1.82, 2.24) is 9.88 Å². The molecule has 2 aliphatic rings. The zero-order chi connectivity index (χ0) is 19.8. The molecule has 28 heavy (non-hydrogen) atoms. The first-order valence-corrected chi connectivity index (χ1v) is 9.49. The summed E-state index contributed by atoms with van der Waals surface area (Å²) in [5.74, 6) is -1.80. The molecule has 2 aromatic rings. The first-order valence-electron chi connectivity index (χ1n) is 9.49. The first kappa shape index (κ1) is 18.9. The van der Waals surface area contributed by atoms with Crippen LogP contribution in [-0.4, -0.2) is 47.5 Å². The van der Waals surface area contributed by atoms with Crippen LogP contribution in [0.5, 0.6) is 0 Å². The first-order chi connectivity index (χ1) is 13.4. The minimum atomic E-state index is -1.23. The molecule has 1 amide bonds. The number of carbonyl (C=O) groups excluding carboxylic acids is 1. The van der Waals surface area contributed by atoms with Gasteiger partial charge in [-0.05, 0) is 36.6 Å². The number of halogens is 3. The van der Waals surface area contributed by atoms with Gasteiger partial charge in [-0.2, -0.15) is 0 Å². The summed E-state index contributed by atoms with van der Waals surface area (Å²) >= 11 is 0. The van der Waals surface area contributed by atoms with Crippen molar-refractivity contribution >= 4 is 11.7 Å². The second-order valence-corrected chi connectivity index (χ2v) is 7.69. The highest BCUT2D eigenvalue weighted by atomic mass is 19.2. The average molecular weight is 392 g/mol. The normalized spacial score (nSPS) is 22.6. The largest absolute Gasteiger partial charge is 0.356 e. The molecule has 4 rings (SSSR count). The van der Waals surface area contributed by atoms with Gasteiger partial charge in [0.2, 0.25) is 5.91 Å². The van der Waals surface area contributed by atoms with Crippen LogP contribution in [0.4, 0.5) is 19.0 Å². The molecule has 3 atom stereocenters. The number of nitrogens with two attached hydrogens (primary N) is 1. The van der Waals surface area contributed by atoms with Crippen molar-refractivity contribution in [3.8, 4) is 0 Å². The Bertz CT molecular complexity index is 857. The molecule has 2 fully saturated rings. The fourth-order valence-corrected chi connectivity index (χ4v) is 4.40. The Hall–Kier alpha value is -2.48. The van der Waals surface area contributed by atoms with E-state index in [-0.39, 0.29) is 30.4 Å². The standard InChI is InChI=1S/C20H23F3N4O/c21-15-9-17(23)16(22)7-13(15)6-14(24)8-20(28)27-5-3-12-10-26(11-18(12)27)19-2-1-4-25-19/h1-2,4,7,9,12,14,18,25H,3,5-6,8,10-11,24H2/t12-,14+,18+/m0/s1. The molecule has 1 aromatic carbocycles. The van der Waals surface area contributed by atoms with Gasteiger partial charge in [0, 0.05) is 50.3 Å². The van der Waals surface area contributed by atoms with Gasteiger partial charge in [0.25, 0.3) is 0 Å². The number of amides is 1. The van der Waals surface area contributed by atoms with E-state index in [4.69, 9.17) is 5.73 Å². The summed E-state index contributed by atoms with van der Waals surface area (Å²) in [4.78, 5) is 20.1. The van der Waals surface area contributed by atoms with Gasteiger partial charge in [0.15, 0.2) is 11.6 Å². The van der Waals surface area contributed by atoms with Gasteiger partial charge in [-0.15, -0.1) is 0 Å². The number of aromatic nitrogens is 1. The Morgan fingerprint density at radius 3 is 2.75 bits per heavy atom. The number of hydrogen-bond donors (Lipinski definition) is 2. The van der Waals surface area contributed by atoms with E-state index in [9.17, 15) is 18.0 Å². The average Bonchev–Trinajstić information content (AvgIpc) is 3.35. The van der Waals surface area contributed by atoms with Crippen molar-refractivity contribution in [2.75, 3.05) is 24.5 Å². The molecular formula is C20H23F3N4O. The summed E-state index contributed by atoms with van der Waals surface area (Å²) < 4.78 is 40.2. The van der Waals surface area contributed by atoms with Crippen LogP contribution in [0, 0.1) is 23.4 Å². The molecule has 8 heteroatoms.